The van der Waals surface area contributed by atoms with Crippen LogP contribution in [0.4, 0.5) is 10.9 Å². The number of nitrogens with zero attached hydrogens (tertiary/aromatic N) is 5. The molecular weight excluding hydrogens is 398 g/mol. The van der Waals surface area contributed by atoms with Crippen molar-refractivity contribution in [3.8, 4) is 0 Å². The van der Waals surface area contributed by atoms with E-state index in [2.05, 4.69) is 11.8 Å². The van der Waals surface area contributed by atoms with Crippen molar-refractivity contribution >= 4 is 34.1 Å². The number of carbonyl (C=O) groups excluding carboxylic acids is 2. The molecule has 0 atom stereocenters. The Kier molecular flexibility index (Phi) is 4.76. The summed E-state index contributed by atoms with van der Waals surface area (Å²) in [5.41, 5.74) is 5.47. The lowest BCUT2D eigenvalue weighted by Crippen LogP contribution is -2.37. The second-order valence-electron chi connectivity index (χ2n) is 8.40. The number of anilines is 2. The molecule has 1 aliphatic carbocycles. The molecule has 0 saturated carbocycles. The molecule has 158 valence electrons. The Labute approximate surface area is 180 Å². The lowest BCUT2D eigenvalue weighted by atomic mass is 9.95. The molecule has 0 aromatic carbocycles. The summed E-state index contributed by atoms with van der Waals surface area (Å²) in [4.78, 5) is 42.1. The van der Waals surface area contributed by atoms with E-state index >= 15 is 0 Å². The monoisotopic (exact) mass is 425 g/mol. The zero-order valence-electron chi connectivity index (χ0n) is 17.8. The third kappa shape index (κ3) is 3.00. The average molecular weight is 426 g/mol. The van der Waals surface area contributed by atoms with Crippen LogP contribution in [0.15, 0.2) is 0 Å². The zero-order chi connectivity index (χ0) is 21.0. The summed E-state index contributed by atoms with van der Waals surface area (Å²) in [6, 6.07) is 0. The fourth-order valence-corrected chi connectivity index (χ4v) is 6.30. The van der Waals surface area contributed by atoms with Gasteiger partial charge in [0.25, 0.3) is 5.91 Å². The zero-order valence-corrected chi connectivity index (χ0v) is 18.6. The van der Waals surface area contributed by atoms with E-state index in [-0.39, 0.29) is 18.4 Å². The number of amides is 2. The molecule has 3 aliphatic rings. The van der Waals surface area contributed by atoms with Crippen LogP contribution in [-0.2, 0) is 30.6 Å². The maximum Gasteiger partial charge on any atom is 0.257 e. The van der Waals surface area contributed by atoms with E-state index in [1.165, 1.54) is 24.1 Å². The number of fused-ring (bicyclic) bond motifs is 4. The van der Waals surface area contributed by atoms with Gasteiger partial charge < -0.3 is 14.7 Å². The van der Waals surface area contributed by atoms with E-state index in [9.17, 15) is 9.59 Å². The Balaban J connectivity index is 1.52. The summed E-state index contributed by atoms with van der Waals surface area (Å²) in [6.45, 7) is 6.24. The molecule has 2 aromatic rings. The maximum absolute atomic E-state index is 13.0. The van der Waals surface area contributed by atoms with E-state index in [1.54, 1.807) is 28.2 Å². The van der Waals surface area contributed by atoms with Crippen molar-refractivity contribution < 1.29 is 9.59 Å². The molecule has 30 heavy (non-hydrogen) atoms. The van der Waals surface area contributed by atoms with Crippen molar-refractivity contribution in [2.24, 2.45) is 0 Å². The summed E-state index contributed by atoms with van der Waals surface area (Å²) in [7, 11) is 1.71. The second-order valence-corrected chi connectivity index (χ2v) is 9.48. The van der Waals surface area contributed by atoms with E-state index in [4.69, 9.17) is 9.97 Å². The molecule has 0 spiro atoms. The molecule has 2 aliphatic heterocycles. The van der Waals surface area contributed by atoms with Crippen molar-refractivity contribution in [3.05, 3.63) is 33.0 Å². The fourth-order valence-electron chi connectivity index (χ4n) is 4.86. The number of thiophene rings is 1. The standard InChI is InChI=1S/C22H27N5O2S/c1-4-27-18(28)12-25(3)20(29)19-15-9-10-26(11-17(15)30-21(19)27)22-23-13(2)14-7-5-6-8-16(14)24-22/h4-12H2,1-3H3. The Bertz CT molecular complexity index is 1050. The second kappa shape index (κ2) is 7.34. The number of hydrogen-bond acceptors (Lipinski definition) is 6. The van der Waals surface area contributed by atoms with Gasteiger partial charge in [0, 0.05) is 36.4 Å². The van der Waals surface area contributed by atoms with Crippen LogP contribution in [0.1, 0.15) is 57.5 Å². The first-order valence-electron chi connectivity index (χ1n) is 10.8. The lowest BCUT2D eigenvalue weighted by molar-refractivity contribution is -0.118. The molecule has 0 fully saturated rings. The van der Waals surface area contributed by atoms with Crippen LogP contribution < -0.4 is 9.80 Å². The van der Waals surface area contributed by atoms with Gasteiger partial charge in [-0.05, 0) is 57.1 Å². The highest BCUT2D eigenvalue weighted by Crippen LogP contribution is 2.41. The third-order valence-corrected chi connectivity index (χ3v) is 7.73. The third-order valence-electron chi connectivity index (χ3n) is 6.49. The first-order valence-corrected chi connectivity index (χ1v) is 11.6. The predicted octanol–water partition coefficient (Wildman–Crippen LogP) is 2.73. The van der Waals surface area contributed by atoms with Gasteiger partial charge in [-0.1, -0.05) is 0 Å². The number of carbonyl (C=O) groups is 2. The Morgan fingerprint density at radius 2 is 1.83 bits per heavy atom. The first-order chi connectivity index (χ1) is 14.5. The minimum atomic E-state index is -0.0406. The predicted molar refractivity (Wildman–Crippen MR) is 117 cm³/mol. The van der Waals surface area contributed by atoms with E-state index in [1.807, 2.05) is 6.92 Å². The van der Waals surface area contributed by atoms with Crippen molar-refractivity contribution in [3.63, 3.8) is 0 Å². The highest BCUT2D eigenvalue weighted by molar-refractivity contribution is 7.17. The molecule has 2 aromatic heterocycles. The molecule has 0 bridgehead atoms. The minimum Gasteiger partial charge on any atom is -0.335 e. The van der Waals surface area contributed by atoms with Gasteiger partial charge in [-0.25, -0.2) is 9.97 Å². The molecule has 7 nitrogen and oxygen atoms in total. The number of rotatable bonds is 2. The van der Waals surface area contributed by atoms with E-state index < -0.39 is 0 Å². The van der Waals surface area contributed by atoms with Crippen LogP contribution >= 0.6 is 11.3 Å². The highest BCUT2D eigenvalue weighted by Gasteiger charge is 2.36. The average Bonchev–Trinajstić information content (AvgIpc) is 3.07. The molecule has 0 saturated heterocycles. The molecule has 5 rings (SSSR count). The molecule has 0 radical (unpaired) electrons. The molecule has 0 N–H and O–H groups in total. The minimum absolute atomic E-state index is 0.0174. The molecular formula is C22H27N5O2S. The van der Waals surface area contributed by atoms with Gasteiger partial charge in [0.15, 0.2) is 0 Å². The number of aromatic nitrogens is 2. The summed E-state index contributed by atoms with van der Waals surface area (Å²) < 4.78 is 0. The van der Waals surface area contributed by atoms with Gasteiger partial charge in [0.05, 0.1) is 12.1 Å². The van der Waals surface area contributed by atoms with Crippen LogP contribution in [0.2, 0.25) is 0 Å². The van der Waals surface area contributed by atoms with Crippen molar-refractivity contribution in [1.29, 1.82) is 0 Å². The van der Waals surface area contributed by atoms with E-state index in [0.717, 1.165) is 58.5 Å². The molecule has 8 heteroatoms. The maximum atomic E-state index is 13.0. The van der Waals surface area contributed by atoms with Crippen LogP contribution in [-0.4, -0.2) is 53.4 Å². The van der Waals surface area contributed by atoms with Crippen molar-refractivity contribution in [2.75, 3.05) is 36.5 Å². The van der Waals surface area contributed by atoms with Crippen molar-refractivity contribution in [2.45, 2.75) is 52.5 Å². The van der Waals surface area contributed by atoms with Gasteiger partial charge in [-0.3, -0.25) is 9.59 Å². The van der Waals surface area contributed by atoms with Gasteiger partial charge >= 0.3 is 0 Å². The summed E-state index contributed by atoms with van der Waals surface area (Å²) >= 11 is 1.59. The fraction of sp³-hybridized carbons (Fsp3) is 0.545. The van der Waals surface area contributed by atoms with Crippen LogP contribution in [0.3, 0.4) is 0 Å². The summed E-state index contributed by atoms with van der Waals surface area (Å²) in [6.07, 6.45) is 5.30. The first kappa shape index (κ1) is 19.5. The van der Waals surface area contributed by atoms with Crippen LogP contribution in [0.25, 0.3) is 0 Å². The number of hydrogen-bond donors (Lipinski definition) is 0. The van der Waals surface area contributed by atoms with Crippen LogP contribution in [0, 0.1) is 6.92 Å². The Morgan fingerprint density at radius 1 is 1.03 bits per heavy atom. The molecule has 4 heterocycles. The van der Waals surface area contributed by atoms with Gasteiger partial charge in [0.2, 0.25) is 11.9 Å². The SMILES string of the molecule is CCN1C(=O)CN(C)C(=O)c2c1sc1c2CCN(c2nc(C)c3c(n2)CCCC3)C1. The number of likely N-dealkylation sites (N-methyl/N-ethyl adjacent to an activating group) is 2. The molecule has 0 unspecified atom stereocenters. The Hall–Kier alpha value is -2.48. The smallest absolute Gasteiger partial charge is 0.257 e. The topological polar surface area (TPSA) is 69.6 Å². The lowest BCUT2D eigenvalue weighted by Gasteiger charge is -2.29. The number of aryl methyl sites for hydroxylation is 2. The van der Waals surface area contributed by atoms with Gasteiger partial charge in [0.1, 0.15) is 11.5 Å². The highest BCUT2D eigenvalue weighted by atomic mass is 32.1. The Morgan fingerprint density at radius 3 is 2.63 bits per heavy atom. The van der Waals surface area contributed by atoms with Crippen molar-refractivity contribution in [1.82, 2.24) is 14.9 Å². The summed E-state index contributed by atoms with van der Waals surface area (Å²) in [5.74, 6) is 0.742. The van der Waals surface area contributed by atoms with E-state index in [0.29, 0.717) is 13.1 Å². The normalized spacial score (nSPS) is 18.8. The van der Waals surface area contributed by atoms with Gasteiger partial charge in [-0.2, -0.15) is 0 Å². The largest absolute Gasteiger partial charge is 0.335 e. The molecule has 2 amide bonds. The van der Waals surface area contributed by atoms with Crippen LogP contribution in [0.5, 0.6) is 0 Å². The summed E-state index contributed by atoms with van der Waals surface area (Å²) in [5, 5.41) is 0.811. The van der Waals surface area contributed by atoms with Gasteiger partial charge in [-0.15, -0.1) is 11.3 Å². The quantitative estimate of drug-likeness (QED) is 0.740.